The van der Waals surface area contributed by atoms with Crippen LogP contribution in [0.25, 0.3) is 0 Å². The van der Waals surface area contributed by atoms with Gasteiger partial charge in [0.05, 0.1) is 0 Å². The minimum absolute atomic E-state index is 0.587. The number of pyridine rings is 1. The summed E-state index contributed by atoms with van der Waals surface area (Å²) >= 11 is 0. The molecule has 0 saturated carbocycles. The molecule has 2 heteroatoms. The minimum atomic E-state index is 0.587. The van der Waals surface area contributed by atoms with Crippen molar-refractivity contribution in [2.75, 3.05) is 6.54 Å². The monoisotopic (exact) mass is 146 g/mol. The molecule has 1 aliphatic heterocycles. The van der Waals surface area contributed by atoms with Crippen molar-refractivity contribution < 1.29 is 0 Å². The summed E-state index contributed by atoms with van der Waals surface area (Å²) < 4.78 is 0. The van der Waals surface area contributed by atoms with Gasteiger partial charge < -0.3 is 0 Å². The van der Waals surface area contributed by atoms with Gasteiger partial charge in [-0.15, -0.1) is 0 Å². The van der Waals surface area contributed by atoms with Gasteiger partial charge in [-0.1, -0.05) is 6.07 Å². The van der Waals surface area contributed by atoms with E-state index < -0.39 is 0 Å². The predicted octanol–water partition coefficient (Wildman–Crippen LogP) is 1.64. The molecule has 1 aromatic rings. The number of rotatable bonds is 1. The van der Waals surface area contributed by atoms with Crippen molar-refractivity contribution in [3.8, 4) is 0 Å². The Labute approximate surface area is 66.0 Å². The van der Waals surface area contributed by atoms with Gasteiger partial charge in [0.2, 0.25) is 0 Å². The van der Waals surface area contributed by atoms with Gasteiger partial charge in [-0.25, -0.2) is 0 Å². The maximum Gasteiger partial charge on any atom is 0.0458 e. The summed E-state index contributed by atoms with van der Waals surface area (Å²) in [6.07, 6.45) is 6.81. The first-order valence-corrected chi connectivity index (χ1v) is 3.85. The van der Waals surface area contributed by atoms with E-state index in [1.807, 2.05) is 18.5 Å². The molecule has 0 amide bonds. The summed E-state index contributed by atoms with van der Waals surface area (Å²) in [5.74, 6) is 0.587. The largest absolute Gasteiger partial charge is 0.297 e. The number of nitrogens with zero attached hydrogens (tertiary/aromatic N) is 2. The van der Waals surface area contributed by atoms with Crippen LogP contribution in [-0.2, 0) is 0 Å². The molecule has 0 spiro atoms. The second kappa shape index (κ2) is 2.82. The number of hydrogen-bond donors (Lipinski definition) is 0. The van der Waals surface area contributed by atoms with Gasteiger partial charge in [-0.3, -0.25) is 9.98 Å². The van der Waals surface area contributed by atoms with E-state index in [2.05, 4.69) is 16.0 Å². The van der Waals surface area contributed by atoms with E-state index in [9.17, 15) is 0 Å². The third kappa shape index (κ3) is 1.29. The number of aromatic nitrogens is 1. The molecule has 0 radical (unpaired) electrons. The van der Waals surface area contributed by atoms with Crippen molar-refractivity contribution >= 4 is 6.21 Å². The van der Waals surface area contributed by atoms with Gasteiger partial charge in [-0.2, -0.15) is 0 Å². The SMILES string of the molecule is C1=NCC(c2cccnc2)C1. The van der Waals surface area contributed by atoms with Crippen LogP contribution in [0.5, 0.6) is 0 Å². The average molecular weight is 146 g/mol. The van der Waals surface area contributed by atoms with Crippen LogP contribution in [0.3, 0.4) is 0 Å². The van der Waals surface area contributed by atoms with Crippen LogP contribution < -0.4 is 0 Å². The normalized spacial score (nSPS) is 22.4. The molecule has 56 valence electrons. The maximum absolute atomic E-state index is 4.19. The zero-order valence-corrected chi connectivity index (χ0v) is 6.27. The molecule has 11 heavy (non-hydrogen) atoms. The Hall–Kier alpha value is -1.18. The highest BCUT2D eigenvalue weighted by Gasteiger charge is 2.12. The molecule has 0 bridgehead atoms. The van der Waals surface area contributed by atoms with Crippen LogP contribution in [0.15, 0.2) is 29.5 Å². The molecule has 1 unspecified atom stereocenters. The lowest BCUT2D eigenvalue weighted by molar-refractivity contribution is 0.775. The molecule has 0 fully saturated rings. The summed E-state index contributed by atoms with van der Waals surface area (Å²) in [4.78, 5) is 8.26. The quantitative estimate of drug-likeness (QED) is 0.591. The first-order valence-electron chi connectivity index (χ1n) is 3.85. The highest BCUT2D eigenvalue weighted by atomic mass is 14.7. The maximum atomic E-state index is 4.19. The molecule has 0 aliphatic carbocycles. The van der Waals surface area contributed by atoms with E-state index in [0.717, 1.165) is 13.0 Å². The van der Waals surface area contributed by atoms with E-state index in [4.69, 9.17) is 0 Å². The fraction of sp³-hybridized carbons (Fsp3) is 0.333. The van der Waals surface area contributed by atoms with Crippen LogP contribution in [-0.4, -0.2) is 17.7 Å². The van der Waals surface area contributed by atoms with Crippen LogP contribution >= 0.6 is 0 Å². The number of hydrogen-bond acceptors (Lipinski definition) is 2. The van der Waals surface area contributed by atoms with Gasteiger partial charge in [0, 0.05) is 24.9 Å². The zero-order chi connectivity index (χ0) is 7.52. The lowest BCUT2D eigenvalue weighted by Gasteiger charge is -2.05. The van der Waals surface area contributed by atoms with E-state index in [1.165, 1.54) is 5.56 Å². The first kappa shape index (κ1) is 6.53. The fourth-order valence-corrected chi connectivity index (χ4v) is 1.34. The molecule has 0 N–H and O–H groups in total. The molecule has 0 saturated heterocycles. The van der Waals surface area contributed by atoms with Crippen molar-refractivity contribution in [3.63, 3.8) is 0 Å². The second-order valence-corrected chi connectivity index (χ2v) is 2.77. The third-order valence-corrected chi connectivity index (χ3v) is 2.00. The predicted molar refractivity (Wildman–Crippen MR) is 45.0 cm³/mol. The van der Waals surface area contributed by atoms with E-state index in [0.29, 0.717) is 5.92 Å². The Morgan fingerprint density at radius 3 is 3.09 bits per heavy atom. The van der Waals surface area contributed by atoms with Crippen LogP contribution in [0.2, 0.25) is 0 Å². The Kier molecular flexibility index (Phi) is 1.68. The van der Waals surface area contributed by atoms with Crippen molar-refractivity contribution in [1.82, 2.24) is 4.98 Å². The summed E-state index contributed by atoms with van der Waals surface area (Å²) in [5.41, 5.74) is 1.31. The first-order chi connectivity index (χ1) is 5.47. The second-order valence-electron chi connectivity index (χ2n) is 2.77. The van der Waals surface area contributed by atoms with E-state index in [1.54, 1.807) is 6.20 Å². The van der Waals surface area contributed by atoms with Crippen molar-refractivity contribution in [1.29, 1.82) is 0 Å². The van der Waals surface area contributed by atoms with Crippen LogP contribution in [0.4, 0.5) is 0 Å². The Morgan fingerprint density at radius 2 is 2.45 bits per heavy atom. The third-order valence-electron chi connectivity index (χ3n) is 2.00. The summed E-state index contributed by atoms with van der Waals surface area (Å²) in [5, 5.41) is 0. The molecule has 1 aromatic heterocycles. The Morgan fingerprint density at radius 1 is 1.45 bits per heavy atom. The molecule has 0 aromatic carbocycles. The molecule has 1 atom stereocenters. The zero-order valence-electron chi connectivity index (χ0n) is 6.27. The Bertz CT molecular complexity index is 246. The lowest BCUT2D eigenvalue weighted by atomic mass is 10.0. The molecular formula is C9H10N2. The smallest absolute Gasteiger partial charge is 0.0458 e. The summed E-state index contributed by atoms with van der Waals surface area (Å²) in [7, 11) is 0. The fourth-order valence-electron chi connectivity index (χ4n) is 1.34. The molecule has 2 heterocycles. The molecule has 2 nitrogen and oxygen atoms in total. The van der Waals surface area contributed by atoms with E-state index in [-0.39, 0.29) is 0 Å². The van der Waals surface area contributed by atoms with Crippen LogP contribution in [0, 0.1) is 0 Å². The van der Waals surface area contributed by atoms with Gasteiger partial charge in [0.1, 0.15) is 0 Å². The molecular weight excluding hydrogens is 136 g/mol. The van der Waals surface area contributed by atoms with Crippen LogP contribution in [0.1, 0.15) is 17.9 Å². The van der Waals surface area contributed by atoms with Crippen molar-refractivity contribution in [3.05, 3.63) is 30.1 Å². The lowest BCUT2D eigenvalue weighted by Crippen LogP contribution is -1.97. The van der Waals surface area contributed by atoms with Crippen molar-refractivity contribution in [2.24, 2.45) is 4.99 Å². The van der Waals surface area contributed by atoms with Gasteiger partial charge in [-0.05, 0) is 24.3 Å². The van der Waals surface area contributed by atoms with E-state index >= 15 is 0 Å². The van der Waals surface area contributed by atoms with Crippen molar-refractivity contribution in [2.45, 2.75) is 12.3 Å². The molecule has 2 rings (SSSR count). The topological polar surface area (TPSA) is 25.2 Å². The highest BCUT2D eigenvalue weighted by Crippen LogP contribution is 2.21. The minimum Gasteiger partial charge on any atom is -0.297 e. The molecule has 1 aliphatic rings. The average Bonchev–Trinajstić information content (AvgIpc) is 2.58. The Balaban J connectivity index is 2.17. The van der Waals surface area contributed by atoms with Gasteiger partial charge >= 0.3 is 0 Å². The van der Waals surface area contributed by atoms with Gasteiger partial charge in [0.25, 0.3) is 0 Å². The standard InChI is InChI=1S/C9H10N2/c1-2-8(6-10-4-1)9-3-5-11-7-9/h1-2,4-6,9H,3,7H2. The summed E-state index contributed by atoms with van der Waals surface area (Å²) in [6.45, 7) is 0.936. The number of aliphatic imine (C=N–C) groups is 1. The highest BCUT2D eigenvalue weighted by molar-refractivity contribution is 5.61. The van der Waals surface area contributed by atoms with Gasteiger partial charge in [0.15, 0.2) is 0 Å². The summed E-state index contributed by atoms with van der Waals surface area (Å²) in [6, 6.07) is 4.10.